The molecule has 0 saturated carbocycles. The summed E-state index contributed by atoms with van der Waals surface area (Å²) in [6.45, 7) is 5.98. The van der Waals surface area contributed by atoms with Gasteiger partial charge in [0.25, 0.3) is 0 Å². The molecule has 0 saturated heterocycles. The number of rotatable bonds is 9. The number of hydrogen-bond donors (Lipinski definition) is 1. The van der Waals surface area contributed by atoms with Gasteiger partial charge in [-0.25, -0.2) is 0 Å². The fourth-order valence-corrected chi connectivity index (χ4v) is 3.32. The van der Waals surface area contributed by atoms with Crippen LogP contribution in [0.4, 0.5) is 11.4 Å². The van der Waals surface area contributed by atoms with Gasteiger partial charge in [0, 0.05) is 31.6 Å². The minimum Gasteiger partial charge on any atom is -0.497 e. The molecule has 0 bridgehead atoms. The Morgan fingerprint density at radius 3 is 2.17 bits per heavy atom. The van der Waals surface area contributed by atoms with Crippen molar-refractivity contribution in [2.24, 2.45) is 0 Å². The van der Waals surface area contributed by atoms with Crippen molar-refractivity contribution in [1.82, 2.24) is 0 Å². The van der Waals surface area contributed by atoms with Gasteiger partial charge in [0.05, 0.1) is 19.9 Å². The number of nitrogens with one attached hydrogen (secondary N) is 1. The molecule has 6 heteroatoms. The number of hydrogen-bond acceptors (Lipinski definition) is 4. The summed E-state index contributed by atoms with van der Waals surface area (Å²) in [5, 5.41) is 2.86. The second-order valence-corrected chi connectivity index (χ2v) is 6.67. The largest absolute Gasteiger partial charge is 0.497 e. The number of methoxy groups -OCH3 is 2. The number of carbonyl (C=O) groups is 2. The SMILES string of the molecule is CCc1cccc(CC)c1N(CCC(=O)Nc1ccc(OC)cc1OC)C(C)=O. The smallest absolute Gasteiger partial charge is 0.226 e. The molecule has 0 aliphatic heterocycles. The van der Waals surface area contributed by atoms with E-state index in [2.05, 4.69) is 19.2 Å². The van der Waals surface area contributed by atoms with Crippen LogP contribution in [-0.4, -0.2) is 32.6 Å². The van der Waals surface area contributed by atoms with Gasteiger partial charge < -0.3 is 19.7 Å². The molecule has 0 heterocycles. The first-order valence-electron chi connectivity index (χ1n) is 9.85. The lowest BCUT2D eigenvalue weighted by Gasteiger charge is -2.26. The number of nitrogens with zero attached hydrogens (tertiary/aromatic N) is 1. The molecular weight excluding hydrogens is 368 g/mol. The quantitative estimate of drug-likeness (QED) is 0.687. The van der Waals surface area contributed by atoms with Crippen LogP contribution in [0, 0.1) is 0 Å². The minimum absolute atomic E-state index is 0.0737. The molecule has 0 unspecified atom stereocenters. The molecule has 0 aliphatic rings. The van der Waals surface area contributed by atoms with Crippen molar-refractivity contribution in [1.29, 1.82) is 0 Å². The van der Waals surface area contributed by atoms with Gasteiger partial charge in [-0.1, -0.05) is 32.0 Å². The van der Waals surface area contributed by atoms with Crippen LogP contribution >= 0.6 is 0 Å². The van der Waals surface area contributed by atoms with Crippen molar-refractivity contribution in [2.75, 3.05) is 31.0 Å². The Labute approximate surface area is 172 Å². The first-order chi connectivity index (χ1) is 13.9. The molecule has 1 N–H and O–H groups in total. The van der Waals surface area contributed by atoms with Crippen LogP contribution in [0.5, 0.6) is 11.5 Å². The average molecular weight is 399 g/mol. The highest BCUT2D eigenvalue weighted by Gasteiger charge is 2.19. The Kier molecular flexibility index (Phi) is 8.07. The minimum atomic E-state index is -0.188. The third kappa shape index (κ3) is 5.50. The van der Waals surface area contributed by atoms with E-state index in [-0.39, 0.29) is 18.2 Å². The number of amides is 2. The Bertz CT molecular complexity index is 842. The molecule has 2 aromatic rings. The van der Waals surface area contributed by atoms with Crippen molar-refractivity contribution >= 4 is 23.2 Å². The maximum atomic E-state index is 12.6. The lowest BCUT2D eigenvalue weighted by Crippen LogP contribution is -2.33. The van der Waals surface area contributed by atoms with Gasteiger partial charge in [0.15, 0.2) is 0 Å². The van der Waals surface area contributed by atoms with Crippen LogP contribution in [0.1, 0.15) is 38.3 Å². The summed E-state index contributed by atoms with van der Waals surface area (Å²) in [4.78, 5) is 26.7. The Morgan fingerprint density at radius 1 is 1.00 bits per heavy atom. The Balaban J connectivity index is 2.16. The fourth-order valence-electron chi connectivity index (χ4n) is 3.32. The van der Waals surface area contributed by atoms with Crippen molar-refractivity contribution in [3.63, 3.8) is 0 Å². The highest BCUT2D eigenvalue weighted by molar-refractivity contribution is 5.96. The van der Waals surface area contributed by atoms with Gasteiger partial charge in [-0.15, -0.1) is 0 Å². The standard InChI is InChI=1S/C23H30N2O4/c1-6-17-9-8-10-18(7-2)23(17)25(16(3)26)14-13-22(27)24-20-12-11-19(28-4)15-21(20)29-5/h8-12,15H,6-7,13-14H2,1-5H3,(H,24,27). The molecular formula is C23H30N2O4. The molecule has 0 radical (unpaired) electrons. The third-order valence-electron chi connectivity index (χ3n) is 4.86. The predicted molar refractivity (Wildman–Crippen MR) is 116 cm³/mol. The first-order valence-corrected chi connectivity index (χ1v) is 9.85. The summed E-state index contributed by atoms with van der Waals surface area (Å²) in [5.74, 6) is 0.902. The molecule has 0 spiro atoms. The second-order valence-electron chi connectivity index (χ2n) is 6.67. The summed E-state index contributed by atoms with van der Waals surface area (Å²) < 4.78 is 10.5. The maximum absolute atomic E-state index is 12.6. The van der Waals surface area contributed by atoms with E-state index in [1.54, 1.807) is 30.2 Å². The summed E-state index contributed by atoms with van der Waals surface area (Å²) in [6.07, 6.45) is 1.82. The van der Waals surface area contributed by atoms with Crippen molar-refractivity contribution in [3.05, 3.63) is 47.5 Å². The number of ether oxygens (including phenoxy) is 2. The van der Waals surface area contributed by atoms with E-state index in [1.165, 1.54) is 14.0 Å². The van der Waals surface area contributed by atoms with Crippen LogP contribution < -0.4 is 19.7 Å². The molecule has 0 aliphatic carbocycles. The Morgan fingerprint density at radius 2 is 1.66 bits per heavy atom. The molecule has 29 heavy (non-hydrogen) atoms. The number of aryl methyl sites for hydroxylation is 2. The third-order valence-corrected chi connectivity index (χ3v) is 4.86. The lowest BCUT2D eigenvalue weighted by molar-refractivity contribution is -0.117. The number of anilines is 2. The van der Waals surface area contributed by atoms with Crippen LogP contribution in [0.2, 0.25) is 0 Å². The zero-order valence-electron chi connectivity index (χ0n) is 17.9. The molecule has 2 aromatic carbocycles. The van der Waals surface area contributed by atoms with Crippen molar-refractivity contribution in [2.45, 2.75) is 40.0 Å². The number of para-hydroxylation sites is 1. The predicted octanol–water partition coefficient (Wildman–Crippen LogP) is 4.21. The number of benzene rings is 2. The first kappa shape index (κ1) is 22.3. The maximum Gasteiger partial charge on any atom is 0.226 e. The summed E-state index contributed by atoms with van der Waals surface area (Å²) in [7, 11) is 3.11. The second kappa shape index (κ2) is 10.5. The Hall–Kier alpha value is -3.02. The molecule has 0 fully saturated rings. The van der Waals surface area contributed by atoms with Crippen molar-refractivity contribution in [3.8, 4) is 11.5 Å². The zero-order chi connectivity index (χ0) is 21.4. The molecule has 0 aromatic heterocycles. The lowest BCUT2D eigenvalue weighted by atomic mass is 10.0. The normalized spacial score (nSPS) is 10.4. The van der Waals surface area contributed by atoms with Crippen molar-refractivity contribution < 1.29 is 19.1 Å². The van der Waals surface area contributed by atoms with Crippen LogP contribution in [0.25, 0.3) is 0 Å². The van der Waals surface area contributed by atoms with Gasteiger partial charge in [-0.05, 0) is 36.1 Å². The van der Waals surface area contributed by atoms with E-state index in [4.69, 9.17) is 9.47 Å². The van der Waals surface area contributed by atoms with Crippen LogP contribution in [0.3, 0.4) is 0 Å². The van der Waals surface area contributed by atoms with Gasteiger partial charge in [-0.2, -0.15) is 0 Å². The highest BCUT2D eigenvalue weighted by Crippen LogP contribution is 2.30. The van der Waals surface area contributed by atoms with Gasteiger partial charge in [0.2, 0.25) is 11.8 Å². The van der Waals surface area contributed by atoms with E-state index in [9.17, 15) is 9.59 Å². The molecule has 6 nitrogen and oxygen atoms in total. The molecule has 156 valence electrons. The van der Waals surface area contributed by atoms with E-state index in [0.717, 1.165) is 29.7 Å². The van der Waals surface area contributed by atoms with Gasteiger partial charge in [0.1, 0.15) is 11.5 Å². The van der Waals surface area contributed by atoms with Crippen LogP contribution in [-0.2, 0) is 22.4 Å². The summed E-state index contributed by atoms with van der Waals surface area (Å²) in [5.41, 5.74) is 3.71. The zero-order valence-corrected chi connectivity index (χ0v) is 17.9. The van der Waals surface area contributed by atoms with E-state index < -0.39 is 0 Å². The topological polar surface area (TPSA) is 67.9 Å². The fraction of sp³-hybridized carbons (Fsp3) is 0.391. The van der Waals surface area contributed by atoms with E-state index in [0.29, 0.717) is 23.7 Å². The molecule has 2 amide bonds. The van der Waals surface area contributed by atoms with Gasteiger partial charge >= 0.3 is 0 Å². The highest BCUT2D eigenvalue weighted by atomic mass is 16.5. The molecule has 2 rings (SSSR count). The van der Waals surface area contributed by atoms with E-state index >= 15 is 0 Å². The van der Waals surface area contributed by atoms with Crippen LogP contribution in [0.15, 0.2) is 36.4 Å². The monoisotopic (exact) mass is 398 g/mol. The summed E-state index contributed by atoms with van der Waals surface area (Å²) >= 11 is 0. The molecule has 0 atom stereocenters. The van der Waals surface area contributed by atoms with E-state index in [1.807, 2.05) is 18.2 Å². The average Bonchev–Trinajstić information content (AvgIpc) is 2.73. The van der Waals surface area contributed by atoms with Gasteiger partial charge in [-0.3, -0.25) is 9.59 Å². The number of carbonyl (C=O) groups excluding carboxylic acids is 2. The summed E-state index contributed by atoms with van der Waals surface area (Å²) in [6, 6.07) is 11.3.